The third-order valence-electron chi connectivity index (χ3n) is 5.15. The van der Waals surface area contributed by atoms with E-state index in [9.17, 15) is 18.4 Å². The Morgan fingerprint density at radius 1 is 1.03 bits per heavy atom. The number of amides is 2. The van der Waals surface area contributed by atoms with Crippen molar-refractivity contribution in [3.8, 4) is 17.2 Å². The summed E-state index contributed by atoms with van der Waals surface area (Å²) in [6.45, 7) is 0.124. The minimum absolute atomic E-state index is 0.000137. The van der Waals surface area contributed by atoms with E-state index in [1.165, 1.54) is 37.4 Å². The maximum atomic E-state index is 13.9. The molecule has 0 unspecified atom stereocenters. The van der Waals surface area contributed by atoms with Crippen molar-refractivity contribution in [2.45, 2.75) is 6.61 Å². The van der Waals surface area contributed by atoms with Crippen molar-refractivity contribution in [3.05, 3.63) is 92.8 Å². The van der Waals surface area contributed by atoms with E-state index in [2.05, 4.69) is 15.9 Å². The molecule has 0 bridgehead atoms. The van der Waals surface area contributed by atoms with Crippen LogP contribution in [0.3, 0.4) is 0 Å². The number of carbonyl (C=O) groups is 2. The molecule has 3 aromatic rings. The zero-order valence-electron chi connectivity index (χ0n) is 19.0. The average molecular weight is 576 g/mol. The van der Waals surface area contributed by atoms with Gasteiger partial charge in [0.15, 0.2) is 11.5 Å². The summed E-state index contributed by atoms with van der Waals surface area (Å²) in [4.78, 5) is 26.6. The van der Waals surface area contributed by atoms with Gasteiger partial charge in [0, 0.05) is 5.56 Å². The van der Waals surface area contributed by atoms with Gasteiger partial charge < -0.3 is 14.2 Å². The van der Waals surface area contributed by atoms with Crippen molar-refractivity contribution < 1.29 is 32.6 Å². The Bertz CT molecular complexity index is 1320. The fourth-order valence-electron chi connectivity index (χ4n) is 3.36. The lowest BCUT2D eigenvalue weighted by Gasteiger charge is -2.14. The van der Waals surface area contributed by atoms with Crippen molar-refractivity contribution in [2.75, 3.05) is 20.3 Å². The highest BCUT2D eigenvalue weighted by Gasteiger charge is 2.35. The van der Waals surface area contributed by atoms with Crippen molar-refractivity contribution in [2.24, 2.45) is 0 Å². The molecule has 1 aliphatic heterocycles. The normalized spacial score (nSPS) is 14.4. The van der Waals surface area contributed by atoms with E-state index in [1.54, 1.807) is 36.4 Å². The molecule has 2 amide bonds. The summed E-state index contributed by atoms with van der Waals surface area (Å²) in [5, 5.41) is -0.412. The minimum Gasteiger partial charge on any atom is -0.493 e. The van der Waals surface area contributed by atoms with Gasteiger partial charge in [-0.1, -0.05) is 18.2 Å². The molecule has 36 heavy (non-hydrogen) atoms. The fraction of sp³-hybridized carbons (Fsp3) is 0.154. The van der Waals surface area contributed by atoms with Gasteiger partial charge in [0.25, 0.3) is 11.1 Å². The number of imide groups is 1. The molecule has 0 aliphatic carbocycles. The van der Waals surface area contributed by atoms with E-state index < -0.39 is 11.1 Å². The summed E-state index contributed by atoms with van der Waals surface area (Å²) in [7, 11) is 1.47. The zero-order valence-corrected chi connectivity index (χ0v) is 21.4. The number of nitrogens with zero attached hydrogens (tertiary/aromatic N) is 1. The maximum Gasteiger partial charge on any atom is 0.293 e. The van der Waals surface area contributed by atoms with E-state index in [1.807, 2.05) is 0 Å². The van der Waals surface area contributed by atoms with Gasteiger partial charge in [-0.3, -0.25) is 14.5 Å². The molecule has 0 aromatic heterocycles. The summed E-state index contributed by atoms with van der Waals surface area (Å²) in [6.07, 6.45) is 1.58. The first-order valence-electron chi connectivity index (χ1n) is 10.7. The second-order valence-electron chi connectivity index (χ2n) is 7.55. The predicted molar refractivity (Wildman–Crippen MR) is 136 cm³/mol. The lowest BCUT2D eigenvalue weighted by atomic mass is 10.1. The number of halogens is 3. The van der Waals surface area contributed by atoms with Gasteiger partial charge in [-0.05, 0) is 81.8 Å². The predicted octanol–water partition coefficient (Wildman–Crippen LogP) is 6.43. The SMILES string of the molecule is COc1cc(/C=C2\SC(=O)N(CCOc3ccc(F)cc3)C2=O)cc(Br)c1OCc1ccccc1F. The van der Waals surface area contributed by atoms with Crippen LogP contribution in [0.4, 0.5) is 13.6 Å². The quantitative estimate of drug-likeness (QED) is 0.274. The molecular weight excluding hydrogens is 556 g/mol. The molecule has 186 valence electrons. The van der Waals surface area contributed by atoms with Crippen LogP contribution in [0.1, 0.15) is 11.1 Å². The number of ether oxygens (including phenoxy) is 3. The Hall–Kier alpha value is -3.37. The van der Waals surface area contributed by atoms with Crippen LogP contribution in [0.15, 0.2) is 70.0 Å². The molecule has 3 aromatic carbocycles. The summed E-state index contributed by atoms with van der Waals surface area (Å²) < 4.78 is 44.2. The highest BCUT2D eigenvalue weighted by molar-refractivity contribution is 9.10. The van der Waals surface area contributed by atoms with E-state index in [0.29, 0.717) is 32.8 Å². The molecule has 6 nitrogen and oxygen atoms in total. The number of rotatable bonds is 9. The molecule has 0 spiro atoms. The van der Waals surface area contributed by atoms with Crippen LogP contribution >= 0.6 is 27.7 Å². The van der Waals surface area contributed by atoms with Gasteiger partial charge in [0.1, 0.15) is 30.6 Å². The highest BCUT2D eigenvalue weighted by Crippen LogP contribution is 2.39. The summed E-state index contributed by atoms with van der Waals surface area (Å²) >= 11 is 4.26. The van der Waals surface area contributed by atoms with E-state index in [-0.39, 0.29) is 36.3 Å². The molecule has 0 radical (unpaired) electrons. The van der Waals surface area contributed by atoms with Crippen LogP contribution in [-0.2, 0) is 11.4 Å². The summed E-state index contributed by atoms with van der Waals surface area (Å²) in [5.74, 6) is -0.00642. The van der Waals surface area contributed by atoms with Crippen molar-refractivity contribution >= 4 is 44.9 Å². The molecular formula is C26H20BrF2NO5S. The zero-order chi connectivity index (χ0) is 25.7. The molecule has 0 saturated carbocycles. The largest absolute Gasteiger partial charge is 0.493 e. The van der Waals surface area contributed by atoms with E-state index in [4.69, 9.17) is 14.2 Å². The van der Waals surface area contributed by atoms with Gasteiger partial charge in [-0.2, -0.15) is 0 Å². The van der Waals surface area contributed by atoms with Crippen LogP contribution in [0.5, 0.6) is 17.2 Å². The lowest BCUT2D eigenvalue weighted by Crippen LogP contribution is -2.32. The molecule has 1 fully saturated rings. The Kier molecular flexibility index (Phi) is 8.27. The third-order valence-corrected chi connectivity index (χ3v) is 6.65. The van der Waals surface area contributed by atoms with Crippen LogP contribution in [0.2, 0.25) is 0 Å². The first-order valence-corrected chi connectivity index (χ1v) is 12.3. The van der Waals surface area contributed by atoms with Crippen molar-refractivity contribution in [3.63, 3.8) is 0 Å². The number of methoxy groups -OCH3 is 1. The molecule has 0 N–H and O–H groups in total. The lowest BCUT2D eigenvalue weighted by molar-refractivity contribution is -0.123. The average Bonchev–Trinajstić information content (AvgIpc) is 3.12. The molecule has 1 heterocycles. The first-order chi connectivity index (χ1) is 17.4. The Labute approximate surface area is 219 Å². The number of hydrogen-bond acceptors (Lipinski definition) is 6. The van der Waals surface area contributed by atoms with Gasteiger partial charge in [-0.25, -0.2) is 8.78 Å². The smallest absolute Gasteiger partial charge is 0.293 e. The van der Waals surface area contributed by atoms with Gasteiger partial charge in [0.2, 0.25) is 0 Å². The molecule has 0 atom stereocenters. The summed E-state index contributed by atoms with van der Waals surface area (Å²) in [5.41, 5.74) is 0.998. The van der Waals surface area contributed by atoms with E-state index in [0.717, 1.165) is 16.7 Å². The van der Waals surface area contributed by atoms with Crippen LogP contribution in [0.25, 0.3) is 6.08 Å². The van der Waals surface area contributed by atoms with Crippen molar-refractivity contribution in [1.29, 1.82) is 0 Å². The Morgan fingerprint density at radius 3 is 2.50 bits per heavy atom. The monoisotopic (exact) mass is 575 g/mol. The molecule has 4 rings (SSSR count). The minimum atomic E-state index is -0.442. The molecule has 1 aliphatic rings. The fourth-order valence-corrected chi connectivity index (χ4v) is 4.80. The number of hydrogen-bond donors (Lipinski definition) is 0. The summed E-state index contributed by atoms with van der Waals surface area (Å²) in [6, 6.07) is 15.2. The second kappa shape index (κ2) is 11.6. The third kappa shape index (κ3) is 6.06. The number of thioether (sulfide) groups is 1. The van der Waals surface area contributed by atoms with Gasteiger partial charge >= 0.3 is 0 Å². The number of carbonyl (C=O) groups excluding carboxylic acids is 2. The second-order valence-corrected chi connectivity index (χ2v) is 9.40. The molecule has 1 saturated heterocycles. The van der Waals surface area contributed by atoms with Crippen LogP contribution < -0.4 is 14.2 Å². The Morgan fingerprint density at radius 2 is 1.78 bits per heavy atom. The van der Waals surface area contributed by atoms with Crippen molar-refractivity contribution in [1.82, 2.24) is 4.90 Å². The Balaban J connectivity index is 1.44. The standard InChI is InChI=1S/C26H20BrF2NO5S/c1-33-22-13-16(12-20(27)24(22)35-15-17-4-2-3-5-21(17)29)14-23-25(31)30(26(32)36-23)10-11-34-19-8-6-18(28)7-9-19/h2-9,12-14H,10-11,15H2,1H3/b23-14-. The van der Waals surface area contributed by atoms with Gasteiger partial charge in [0.05, 0.1) is 23.0 Å². The maximum absolute atomic E-state index is 13.9. The molecule has 10 heteroatoms. The highest BCUT2D eigenvalue weighted by atomic mass is 79.9. The van der Waals surface area contributed by atoms with Gasteiger partial charge in [-0.15, -0.1) is 0 Å². The van der Waals surface area contributed by atoms with E-state index >= 15 is 0 Å². The van der Waals surface area contributed by atoms with Crippen LogP contribution in [0, 0.1) is 11.6 Å². The number of benzene rings is 3. The topological polar surface area (TPSA) is 65.1 Å². The first kappa shape index (κ1) is 25.7. The van der Waals surface area contributed by atoms with Crippen LogP contribution in [-0.4, -0.2) is 36.3 Å².